The summed E-state index contributed by atoms with van der Waals surface area (Å²) in [7, 11) is 0. The molecule has 0 bridgehead atoms. The van der Waals surface area contributed by atoms with Crippen molar-refractivity contribution in [1.82, 2.24) is 4.98 Å². The van der Waals surface area contributed by atoms with Gasteiger partial charge in [-0.15, -0.1) is 0 Å². The van der Waals surface area contributed by atoms with Crippen LogP contribution in [0.4, 0.5) is 0 Å². The summed E-state index contributed by atoms with van der Waals surface area (Å²) >= 11 is -1.91. The van der Waals surface area contributed by atoms with Gasteiger partial charge < -0.3 is 9.29 Å². The molecule has 2 atom stereocenters. The molecule has 0 saturated carbocycles. The molecule has 0 fully saturated rings. The summed E-state index contributed by atoms with van der Waals surface area (Å²) in [5.74, 6) is 0.677. The van der Waals surface area contributed by atoms with Crippen molar-refractivity contribution in [2.24, 2.45) is 0 Å². The van der Waals surface area contributed by atoms with E-state index in [0.29, 0.717) is 6.61 Å². The zero-order valence-electron chi connectivity index (χ0n) is 18.8. The topological polar surface area (TPSA) is 59.4 Å². The Hall–Kier alpha value is -3.28. The van der Waals surface area contributed by atoms with Gasteiger partial charge in [-0.2, -0.15) is 0 Å². The highest BCUT2D eigenvalue weighted by atomic mass is 32.2. The van der Waals surface area contributed by atoms with Gasteiger partial charge in [0.05, 0.1) is 5.75 Å². The second-order valence-corrected chi connectivity index (χ2v) is 9.13. The third-order valence-corrected chi connectivity index (χ3v) is 6.40. The first-order chi connectivity index (χ1) is 16.0. The predicted octanol–water partition coefficient (Wildman–Crippen LogP) is 6.30. The lowest BCUT2D eigenvalue weighted by atomic mass is 9.94. The van der Waals surface area contributed by atoms with Crippen LogP contribution in [0.2, 0.25) is 0 Å². The van der Waals surface area contributed by atoms with E-state index in [1.807, 2.05) is 36.4 Å². The molecule has 0 radical (unpaired) electrons. The van der Waals surface area contributed by atoms with Crippen molar-refractivity contribution in [2.75, 3.05) is 5.75 Å². The molecule has 0 aliphatic rings. The van der Waals surface area contributed by atoms with E-state index in [2.05, 4.69) is 61.3 Å². The third kappa shape index (κ3) is 5.75. The van der Waals surface area contributed by atoms with Gasteiger partial charge in [-0.25, -0.2) is 4.21 Å². The highest BCUT2D eigenvalue weighted by Crippen LogP contribution is 2.29. The van der Waals surface area contributed by atoms with E-state index < -0.39 is 11.1 Å². The summed E-state index contributed by atoms with van der Waals surface area (Å²) < 4.78 is 27.0. The van der Waals surface area contributed by atoms with Gasteiger partial charge in [0.25, 0.3) is 0 Å². The molecule has 2 unspecified atom stereocenters. The van der Waals surface area contributed by atoms with Crippen LogP contribution in [0.25, 0.3) is 11.1 Å². The number of aryl methyl sites for hydroxylation is 2. The molecular weight excluding hydrogens is 430 g/mol. The van der Waals surface area contributed by atoms with Gasteiger partial charge in [0.1, 0.15) is 12.4 Å². The first kappa shape index (κ1) is 22.9. The van der Waals surface area contributed by atoms with Gasteiger partial charge >= 0.3 is 0 Å². The van der Waals surface area contributed by atoms with Crippen molar-refractivity contribution >= 4 is 11.1 Å². The highest BCUT2D eigenvalue weighted by molar-refractivity contribution is 7.79. The average molecular weight is 458 g/mol. The molecule has 33 heavy (non-hydrogen) atoms. The number of hydrogen-bond donors (Lipinski definition) is 1. The van der Waals surface area contributed by atoms with Crippen LogP contribution >= 0.6 is 0 Å². The van der Waals surface area contributed by atoms with Gasteiger partial charge in [-0.1, -0.05) is 54.6 Å². The minimum atomic E-state index is -1.91. The summed E-state index contributed by atoms with van der Waals surface area (Å²) in [5, 5.41) is 0. The van der Waals surface area contributed by atoms with Crippen molar-refractivity contribution in [1.29, 1.82) is 0 Å². The maximum atomic E-state index is 11.5. The molecule has 4 aromatic rings. The molecule has 1 aromatic heterocycles. The van der Waals surface area contributed by atoms with E-state index in [1.165, 1.54) is 22.3 Å². The van der Waals surface area contributed by atoms with E-state index in [4.69, 9.17) is 4.74 Å². The Bertz CT molecular complexity index is 1220. The predicted molar refractivity (Wildman–Crippen MR) is 134 cm³/mol. The summed E-state index contributed by atoms with van der Waals surface area (Å²) in [6.45, 7) is 4.74. The van der Waals surface area contributed by atoms with Crippen LogP contribution in [0, 0.1) is 13.8 Å². The Morgan fingerprint density at radius 2 is 1.64 bits per heavy atom. The maximum absolute atomic E-state index is 11.5. The van der Waals surface area contributed by atoms with Crippen molar-refractivity contribution in [3.05, 3.63) is 119 Å². The lowest BCUT2D eigenvalue weighted by Gasteiger charge is -2.16. The Morgan fingerprint density at radius 1 is 0.909 bits per heavy atom. The largest absolute Gasteiger partial charge is 0.489 e. The molecule has 0 aliphatic carbocycles. The lowest BCUT2D eigenvalue weighted by Crippen LogP contribution is -2.11. The molecule has 0 aliphatic heterocycles. The summed E-state index contributed by atoms with van der Waals surface area (Å²) in [5.41, 5.74) is 7.95. The Kier molecular flexibility index (Phi) is 7.33. The molecule has 1 heterocycles. The normalized spacial score (nSPS) is 12.8. The van der Waals surface area contributed by atoms with Crippen LogP contribution in [0.3, 0.4) is 0 Å². The fourth-order valence-corrected chi connectivity index (χ4v) is 4.83. The maximum Gasteiger partial charge on any atom is 0.153 e. The SMILES string of the molecule is Cc1cccc(C)c1-c1cccc(COc2ccc(C(CS(=O)O)c3cccnc3)cc2)c1. The van der Waals surface area contributed by atoms with E-state index in [1.54, 1.807) is 12.4 Å². The molecule has 0 amide bonds. The van der Waals surface area contributed by atoms with Crippen LogP contribution in [0.1, 0.15) is 33.7 Å². The zero-order chi connectivity index (χ0) is 23.2. The lowest BCUT2D eigenvalue weighted by molar-refractivity contribution is 0.306. The highest BCUT2D eigenvalue weighted by Gasteiger charge is 2.17. The van der Waals surface area contributed by atoms with Gasteiger partial charge in [-0.05, 0) is 77.1 Å². The van der Waals surface area contributed by atoms with Crippen molar-refractivity contribution in [2.45, 2.75) is 26.4 Å². The molecule has 4 nitrogen and oxygen atoms in total. The first-order valence-electron chi connectivity index (χ1n) is 10.9. The van der Waals surface area contributed by atoms with Crippen LogP contribution < -0.4 is 4.74 Å². The standard InChI is InChI=1S/C28H27NO3S/c1-20-6-3-7-21(2)28(20)24-9-4-8-22(16-24)18-32-26-13-11-23(12-14-26)27(19-33(30)31)25-10-5-15-29-17-25/h3-17,27H,18-19H2,1-2H3,(H,30,31). The number of aromatic nitrogens is 1. The number of nitrogens with zero attached hydrogens (tertiary/aromatic N) is 1. The quantitative estimate of drug-likeness (QED) is 0.316. The molecule has 1 N–H and O–H groups in total. The van der Waals surface area contributed by atoms with Gasteiger partial charge in [0.15, 0.2) is 11.1 Å². The van der Waals surface area contributed by atoms with E-state index in [-0.39, 0.29) is 11.7 Å². The molecule has 0 saturated heterocycles. The molecule has 0 spiro atoms. The monoisotopic (exact) mass is 457 g/mol. The van der Waals surface area contributed by atoms with E-state index in [9.17, 15) is 8.76 Å². The summed E-state index contributed by atoms with van der Waals surface area (Å²) in [6.07, 6.45) is 3.44. The average Bonchev–Trinajstić information content (AvgIpc) is 2.82. The third-order valence-electron chi connectivity index (χ3n) is 5.78. The summed E-state index contributed by atoms with van der Waals surface area (Å²) in [6, 6.07) is 26.3. The number of pyridine rings is 1. The van der Waals surface area contributed by atoms with Crippen LogP contribution in [0.5, 0.6) is 5.75 Å². The first-order valence-corrected chi connectivity index (χ1v) is 12.1. The minimum absolute atomic E-state index is 0.122. The second kappa shape index (κ2) is 10.6. The van der Waals surface area contributed by atoms with Gasteiger partial charge in [0, 0.05) is 18.3 Å². The van der Waals surface area contributed by atoms with E-state index >= 15 is 0 Å². The van der Waals surface area contributed by atoms with Crippen LogP contribution in [-0.2, 0) is 17.7 Å². The number of ether oxygens (including phenoxy) is 1. The fourth-order valence-electron chi connectivity index (χ4n) is 4.16. The second-order valence-electron chi connectivity index (χ2n) is 8.15. The van der Waals surface area contributed by atoms with E-state index in [0.717, 1.165) is 22.4 Å². The molecular formula is C28H27NO3S. The van der Waals surface area contributed by atoms with Crippen LogP contribution in [0.15, 0.2) is 91.3 Å². The number of hydrogen-bond acceptors (Lipinski definition) is 3. The molecule has 168 valence electrons. The van der Waals surface area contributed by atoms with Crippen molar-refractivity contribution < 1.29 is 13.5 Å². The Morgan fingerprint density at radius 3 is 2.30 bits per heavy atom. The Labute approximate surface area is 197 Å². The van der Waals surface area contributed by atoms with Crippen LogP contribution in [-0.4, -0.2) is 19.5 Å². The summed E-state index contributed by atoms with van der Waals surface area (Å²) in [4.78, 5) is 4.15. The van der Waals surface area contributed by atoms with Crippen molar-refractivity contribution in [3.63, 3.8) is 0 Å². The Balaban J connectivity index is 1.48. The van der Waals surface area contributed by atoms with Crippen molar-refractivity contribution in [3.8, 4) is 16.9 Å². The minimum Gasteiger partial charge on any atom is -0.489 e. The fraction of sp³-hybridized carbons (Fsp3) is 0.179. The number of benzene rings is 3. The zero-order valence-corrected chi connectivity index (χ0v) is 19.6. The molecule has 3 aromatic carbocycles. The van der Waals surface area contributed by atoms with Gasteiger partial charge in [-0.3, -0.25) is 4.98 Å². The van der Waals surface area contributed by atoms with Gasteiger partial charge in [0.2, 0.25) is 0 Å². The molecule has 4 rings (SSSR count). The smallest absolute Gasteiger partial charge is 0.153 e. The number of rotatable bonds is 8. The molecule has 5 heteroatoms.